The lowest BCUT2D eigenvalue weighted by molar-refractivity contribution is 0.0572. The standard InChI is InChI=1S/C4H9NO2.ClH/c6-3-1-5-2-4(3)7;/h3-7H,1-2H2;1H/t3-,4-;/m0./s1. The van der Waals surface area contributed by atoms with Crippen LogP contribution in [0.15, 0.2) is 0 Å². The summed E-state index contributed by atoms with van der Waals surface area (Å²) >= 11 is 0. The molecule has 3 nitrogen and oxygen atoms in total. The van der Waals surface area contributed by atoms with Gasteiger partial charge in [0.1, 0.15) is 0 Å². The van der Waals surface area contributed by atoms with Crippen LogP contribution in [0.2, 0.25) is 0 Å². The fraction of sp³-hybridized carbons (Fsp3) is 1.00. The second-order valence-electron chi connectivity index (χ2n) is 1.79. The fourth-order valence-corrected chi connectivity index (χ4v) is 0.651. The molecule has 4 heteroatoms. The average molecular weight is 140 g/mol. The van der Waals surface area contributed by atoms with Crippen molar-refractivity contribution in [2.75, 3.05) is 13.1 Å². The third kappa shape index (κ3) is 1.59. The highest BCUT2D eigenvalue weighted by atomic mass is 35.5. The largest absolute Gasteiger partial charge is 0.389 e. The zero-order valence-corrected chi connectivity index (χ0v) is 5.19. The van der Waals surface area contributed by atoms with Crippen molar-refractivity contribution in [2.45, 2.75) is 12.2 Å². The van der Waals surface area contributed by atoms with Gasteiger partial charge in [-0.05, 0) is 0 Å². The van der Waals surface area contributed by atoms with E-state index in [0.717, 1.165) is 0 Å². The summed E-state index contributed by atoms with van der Waals surface area (Å²) in [5.41, 5.74) is 0. The van der Waals surface area contributed by atoms with Crippen molar-refractivity contribution in [1.82, 2.24) is 5.32 Å². The number of hydrogen-bond donors (Lipinski definition) is 3. The first-order valence-corrected chi connectivity index (χ1v) is 2.37. The Morgan fingerprint density at radius 2 is 1.50 bits per heavy atom. The molecule has 1 aliphatic rings. The Hall–Kier alpha value is 0.170. The van der Waals surface area contributed by atoms with Crippen LogP contribution in [0.25, 0.3) is 0 Å². The molecule has 0 bridgehead atoms. The molecule has 2 atom stereocenters. The molecule has 1 rings (SSSR count). The van der Waals surface area contributed by atoms with Gasteiger partial charge in [-0.3, -0.25) is 0 Å². The van der Waals surface area contributed by atoms with E-state index < -0.39 is 12.2 Å². The summed E-state index contributed by atoms with van der Waals surface area (Å²) < 4.78 is 0. The highest BCUT2D eigenvalue weighted by Gasteiger charge is 2.21. The van der Waals surface area contributed by atoms with Crippen LogP contribution >= 0.6 is 12.4 Å². The molecule has 1 saturated heterocycles. The van der Waals surface area contributed by atoms with Crippen LogP contribution < -0.4 is 5.32 Å². The zero-order valence-electron chi connectivity index (χ0n) is 4.37. The number of rotatable bonds is 0. The summed E-state index contributed by atoms with van der Waals surface area (Å²) in [4.78, 5) is 0. The van der Waals surface area contributed by atoms with Crippen LogP contribution in [0.3, 0.4) is 0 Å². The number of β-amino-alcohol motifs (C(OH)–C–C–N with tert-alkyl or cyclic N) is 2. The molecule has 0 radical (unpaired) electrons. The molecule has 50 valence electrons. The maximum absolute atomic E-state index is 8.69. The van der Waals surface area contributed by atoms with Crippen molar-refractivity contribution >= 4 is 12.4 Å². The van der Waals surface area contributed by atoms with E-state index in [9.17, 15) is 0 Å². The number of hydrogen-bond acceptors (Lipinski definition) is 3. The van der Waals surface area contributed by atoms with E-state index in [1.165, 1.54) is 0 Å². The smallest absolute Gasteiger partial charge is 0.0935 e. The second-order valence-corrected chi connectivity index (χ2v) is 1.79. The van der Waals surface area contributed by atoms with Gasteiger partial charge >= 0.3 is 0 Å². The van der Waals surface area contributed by atoms with Crippen molar-refractivity contribution < 1.29 is 10.2 Å². The second kappa shape index (κ2) is 3.25. The molecule has 3 N–H and O–H groups in total. The first-order chi connectivity index (χ1) is 3.30. The first-order valence-electron chi connectivity index (χ1n) is 2.37. The summed E-state index contributed by atoms with van der Waals surface area (Å²) in [5, 5.41) is 20.2. The normalized spacial score (nSPS) is 36.8. The quantitative estimate of drug-likeness (QED) is 0.393. The highest BCUT2D eigenvalue weighted by Crippen LogP contribution is 1.96. The Morgan fingerprint density at radius 1 is 1.12 bits per heavy atom. The van der Waals surface area contributed by atoms with E-state index in [4.69, 9.17) is 10.2 Å². The van der Waals surface area contributed by atoms with Crippen LogP contribution in [-0.4, -0.2) is 35.5 Å². The summed E-state index contributed by atoms with van der Waals surface area (Å²) in [5.74, 6) is 0. The van der Waals surface area contributed by atoms with E-state index in [1.54, 1.807) is 0 Å². The summed E-state index contributed by atoms with van der Waals surface area (Å²) in [7, 11) is 0. The first kappa shape index (κ1) is 8.17. The maximum atomic E-state index is 8.69. The lowest BCUT2D eigenvalue weighted by atomic mass is 10.3. The number of halogens is 1. The molecular formula is C4H10ClNO2. The van der Waals surface area contributed by atoms with Crippen LogP contribution in [0.1, 0.15) is 0 Å². The average Bonchev–Trinajstić information content (AvgIpc) is 1.91. The summed E-state index contributed by atoms with van der Waals surface area (Å²) in [6.45, 7) is 1.06. The van der Waals surface area contributed by atoms with Gasteiger partial charge in [-0.1, -0.05) is 0 Å². The van der Waals surface area contributed by atoms with Gasteiger partial charge in [0, 0.05) is 13.1 Å². The molecule has 0 unspecified atom stereocenters. The van der Waals surface area contributed by atoms with Crippen molar-refractivity contribution in [1.29, 1.82) is 0 Å². The van der Waals surface area contributed by atoms with E-state index in [-0.39, 0.29) is 12.4 Å². The molecule has 0 spiro atoms. The minimum Gasteiger partial charge on any atom is -0.389 e. The molecule has 0 amide bonds. The molecule has 0 aliphatic carbocycles. The Labute approximate surface area is 54.1 Å². The Kier molecular flexibility index (Phi) is 3.31. The molecule has 0 saturated carbocycles. The van der Waals surface area contributed by atoms with Gasteiger partial charge < -0.3 is 15.5 Å². The predicted octanol–water partition coefficient (Wildman–Crippen LogP) is -1.27. The van der Waals surface area contributed by atoms with Crippen LogP contribution in [0.4, 0.5) is 0 Å². The third-order valence-corrected chi connectivity index (χ3v) is 1.15. The van der Waals surface area contributed by atoms with Gasteiger partial charge in [0.05, 0.1) is 12.2 Å². The number of aliphatic hydroxyl groups excluding tert-OH is 2. The van der Waals surface area contributed by atoms with Crippen molar-refractivity contribution in [2.24, 2.45) is 0 Å². The Bertz CT molecular complexity index is 63.1. The summed E-state index contributed by atoms with van der Waals surface area (Å²) in [6, 6.07) is 0. The predicted molar refractivity (Wildman–Crippen MR) is 32.1 cm³/mol. The lowest BCUT2D eigenvalue weighted by Gasteiger charge is -2.01. The molecule has 8 heavy (non-hydrogen) atoms. The number of nitrogens with one attached hydrogen (secondary N) is 1. The van der Waals surface area contributed by atoms with Crippen LogP contribution in [0.5, 0.6) is 0 Å². The molecular weight excluding hydrogens is 130 g/mol. The van der Waals surface area contributed by atoms with Gasteiger partial charge in [0.2, 0.25) is 0 Å². The molecule has 0 aromatic carbocycles. The van der Waals surface area contributed by atoms with Gasteiger partial charge in [0.25, 0.3) is 0 Å². The van der Waals surface area contributed by atoms with Gasteiger partial charge in [-0.15, -0.1) is 12.4 Å². The van der Waals surface area contributed by atoms with E-state index in [0.29, 0.717) is 13.1 Å². The number of aliphatic hydroxyl groups is 2. The zero-order chi connectivity index (χ0) is 5.28. The van der Waals surface area contributed by atoms with Crippen LogP contribution in [0, 0.1) is 0 Å². The van der Waals surface area contributed by atoms with Gasteiger partial charge in [-0.2, -0.15) is 0 Å². The fourth-order valence-electron chi connectivity index (χ4n) is 0.651. The Morgan fingerprint density at radius 3 is 1.62 bits per heavy atom. The molecule has 1 heterocycles. The topological polar surface area (TPSA) is 52.5 Å². The minimum absolute atomic E-state index is 0. The highest BCUT2D eigenvalue weighted by molar-refractivity contribution is 5.85. The molecule has 0 aromatic rings. The van der Waals surface area contributed by atoms with Crippen molar-refractivity contribution in [3.63, 3.8) is 0 Å². The third-order valence-electron chi connectivity index (χ3n) is 1.15. The lowest BCUT2D eigenvalue weighted by Crippen LogP contribution is -2.22. The molecule has 0 aromatic heterocycles. The van der Waals surface area contributed by atoms with Crippen molar-refractivity contribution in [3.05, 3.63) is 0 Å². The molecule has 1 aliphatic heterocycles. The SMILES string of the molecule is Cl.O[C@H]1CNC[C@@H]1O. The summed E-state index contributed by atoms with van der Waals surface area (Å²) in [6.07, 6.45) is -1.08. The van der Waals surface area contributed by atoms with Gasteiger partial charge in [0.15, 0.2) is 0 Å². The monoisotopic (exact) mass is 139 g/mol. The molecule has 1 fully saturated rings. The Balaban J connectivity index is 0.000000490. The van der Waals surface area contributed by atoms with Crippen LogP contribution in [-0.2, 0) is 0 Å². The minimum atomic E-state index is -0.542. The van der Waals surface area contributed by atoms with Gasteiger partial charge in [-0.25, -0.2) is 0 Å². The van der Waals surface area contributed by atoms with E-state index in [1.807, 2.05) is 0 Å². The van der Waals surface area contributed by atoms with E-state index >= 15 is 0 Å². The van der Waals surface area contributed by atoms with E-state index in [2.05, 4.69) is 5.32 Å². The maximum Gasteiger partial charge on any atom is 0.0935 e. The van der Waals surface area contributed by atoms with Crippen molar-refractivity contribution in [3.8, 4) is 0 Å².